The van der Waals surface area contributed by atoms with Crippen molar-refractivity contribution in [3.8, 4) is 0 Å². The van der Waals surface area contributed by atoms with Gasteiger partial charge in [-0.3, -0.25) is 9.11 Å². The van der Waals surface area contributed by atoms with Crippen LogP contribution in [0.5, 0.6) is 0 Å². The topological polar surface area (TPSA) is 192 Å². The largest absolute Gasteiger partial charge is 0.397 e. The Morgan fingerprint density at radius 3 is 1.87 bits per heavy atom. The smallest absolute Gasteiger partial charge is 0.394 e. The van der Waals surface area contributed by atoms with Crippen LogP contribution in [0.2, 0.25) is 0 Å². The minimum absolute atomic E-state index is 0.178. The first-order chi connectivity index (χ1) is 6.61. The fourth-order valence-corrected chi connectivity index (χ4v) is 0.617. The highest BCUT2D eigenvalue weighted by atomic mass is 32.3. The van der Waals surface area contributed by atoms with E-state index in [1.54, 1.807) is 0 Å². The molecular formula is C5H11N5O4S. The molecular weight excluding hydrogens is 226 g/mol. The molecule has 0 aromatic carbocycles. The molecule has 1 rings (SSSR count). The molecule has 9 nitrogen and oxygen atoms in total. The molecule has 0 radical (unpaired) electrons. The molecule has 0 amide bonds. The highest BCUT2D eigenvalue weighted by Gasteiger charge is 2.00. The summed E-state index contributed by atoms with van der Waals surface area (Å²) in [5.41, 5.74) is 22.1. The molecule has 86 valence electrons. The number of pyridine rings is 1. The lowest BCUT2D eigenvalue weighted by molar-refractivity contribution is 0.381. The SMILES string of the molecule is Nc1cc(N)c(N)c(N)n1.O=S(=O)(O)O. The summed E-state index contributed by atoms with van der Waals surface area (Å²) in [6.45, 7) is 0. The highest BCUT2D eigenvalue weighted by Crippen LogP contribution is 2.21. The second-order valence-corrected chi connectivity index (χ2v) is 3.28. The number of nitrogens with zero attached hydrogens (tertiary/aromatic N) is 1. The Labute approximate surface area is 85.6 Å². The van der Waals surface area contributed by atoms with Crippen molar-refractivity contribution in [1.82, 2.24) is 4.98 Å². The van der Waals surface area contributed by atoms with Crippen molar-refractivity contribution < 1.29 is 17.5 Å². The van der Waals surface area contributed by atoms with Crippen LogP contribution in [0, 0.1) is 0 Å². The average molecular weight is 237 g/mol. The van der Waals surface area contributed by atoms with E-state index in [0.717, 1.165) is 0 Å². The second-order valence-electron chi connectivity index (χ2n) is 2.38. The molecule has 0 saturated carbocycles. The molecule has 0 aliphatic rings. The second kappa shape index (κ2) is 4.63. The summed E-state index contributed by atoms with van der Waals surface area (Å²) in [6, 6.07) is 1.46. The number of nitrogen functional groups attached to an aromatic ring is 4. The summed E-state index contributed by atoms with van der Waals surface area (Å²) in [4.78, 5) is 3.68. The molecule has 1 aromatic rings. The van der Waals surface area contributed by atoms with Crippen LogP contribution in [0.1, 0.15) is 0 Å². The van der Waals surface area contributed by atoms with Gasteiger partial charge >= 0.3 is 10.4 Å². The molecule has 15 heavy (non-hydrogen) atoms. The van der Waals surface area contributed by atoms with Crippen molar-refractivity contribution in [2.45, 2.75) is 0 Å². The molecule has 0 fully saturated rings. The standard InChI is InChI=1S/C5H9N5.H2O4S/c6-2-1-3(7)10-5(9)4(2)8;1-5(2,3)4/h1H,8H2,(H6,6,7,9,10);(H2,1,2,3,4). The average Bonchev–Trinajstić information content (AvgIpc) is 1.96. The van der Waals surface area contributed by atoms with Gasteiger partial charge in [0.25, 0.3) is 0 Å². The van der Waals surface area contributed by atoms with E-state index in [4.69, 9.17) is 40.5 Å². The summed E-state index contributed by atoms with van der Waals surface area (Å²) in [5, 5.41) is 0. The molecule has 0 bridgehead atoms. The van der Waals surface area contributed by atoms with Gasteiger partial charge in [-0.1, -0.05) is 0 Å². The summed E-state index contributed by atoms with van der Waals surface area (Å²) < 4.78 is 31.6. The number of anilines is 4. The van der Waals surface area contributed by atoms with Crippen LogP contribution < -0.4 is 22.9 Å². The van der Waals surface area contributed by atoms with Crippen molar-refractivity contribution in [2.24, 2.45) is 0 Å². The number of hydrogen-bond donors (Lipinski definition) is 6. The summed E-state index contributed by atoms with van der Waals surface area (Å²) in [5.74, 6) is 0.460. The van der Waals surface area contributed by atoms with Gasteiger partial charge in [0, 0.05) is 6.07 Å². The first-order valence-electron chi connectivity index (χ1n) is 3.38. The molecule has 10 heteroatoms. The minimum Gasteiger partial charge on any atom is -0.397 e. The highest BCUT2D eigenvalue weighted by molar-refractivity contribution is 7.79. The maximum Gasteiger partial charge on any atom is 0.394 e. The predicted octanol–water partition coefficient (Wildman–Crippen LogP) is -1.24. The van der Waals surface area contributed by atoms with Gasteiger partial charge < -0.3 is 22.9 Å². The van der Waals surface area contributed by atoms with Crippen LogP contribution in [0.25, 0.3) is 0 Å². The van der Waals surface area contributed by atoms with Gasteiger partial charge in [0.05, 0.1) is 11.4 Å². The predicted molar refractivity (Wildman–Crippen MR) is 56.1 cm³/mol. The van der Waals surface area contributed by atoms with Crippen LogP contribution in [-0.2, 0) is 10.4 Å². The Balaban J connectivity index is 0.000000336. The van der Waals surface area contributed by atoms with Crippen molar-refractivity contribution in [3.05, 3.63) is 6.07 Å². The van der Waals surface area contributed by atoms with Gasteiger partial charge in [0.1, 0.15) is 5.82 Å². The van der Waals surface area contributed by atoms with Gasteiger partial charge in [-0.2, -0.15) is 8.42 Å². The molecule has 10 N–H and O–H groups in total. The number of rotatable bonds is 0. The molecule has 0 atom stereocenters. The lowest BCUT2D eigenvalue weighted by atomic mass is 10.3. The van der Waals surface area contributed by atoms with E-state index in [9.17, 15) is 0 Å². The summed E-state index contributed by atoms with van der Waals surface area (Å²) in [6.07, 6.45) is 0. The van der Waals surface area contributed by atoms with Crippen LogP contribution in [0.15, 0.2) is 6.07 Å². The third kappa shape index (κ3) is 6.31. The zero-order valence-electron chi connectivity index (χ0n) is 7.45. The summed E-state index contributed by atoms with van der Waals surface area (Å²) in [7, 11) is -4.67. The van der Waals surface area contributed by atoms with Crippen LogP contribution in [0.3, 0.4) is 0 Å². The van der Waals surface area contributed by atoms with E-state index < -0.39 is 10.4 Å². The van der Waals surface area contributed by atoms with E-state index in [0.29, 0.717) is 5.69 Å². The number of hydrogen-bond acceptors (Lipinski definition) is 7. The molecule has 0 saturated heterocycles. The molecule has 1 heterocycles. The van der Waals surface area contributed by atoms with Crippen LogP contribution >= 0.6 is 0 Å². The minimum atomic E-state index is -4.67. The van der Waals surface area contributed by atoms with Crippen LogP contribution in [-0.4, -0.2) is 22.5 Å². The quantitative estimate of drug-likeness (QED) is 0.299. The third-order valence-corrected chi connectivity index (χ3v) is 1.14. The fourth-order valence-electron chi connectivity index (χ4n) is 0.617. The lowest BCUT2D eigenvalue weighted by Crippen LogP contribution is -2.04. The zero-order chi connectivity index (χ0) is 12.2. The van der Waals surface area contributed by atoms with E-state index in [-0.39, 0.29) is 17.3 Å². The van der Waals surface area contributed by atoms with Crippen LogP contribution in [0.4, 0.5) is 23.0 Å². The number of aromatic nitrogens is 1. The van der Waals surface area contributed by atoms with E-state index >= 15 is 0 Å². The van der Waals surface area contributed by atoms with E-state index in [2.05, 4.69) is 4.98 Å². The maximum atomic E-state index is 8.74. The number of nitrogens with two attached hydrogens (primary N) is 4. The Morgan fingerprint density at radius 2 is 1.53 bits per heavy atom. The first-order valence-corrected chi connectivity index (χ1v) is 4.77. The van der Waals surface area contributed by atoms with Gasteiger partial charge in [0.2, 0.25) is 0 Å². The Hall–Kier alpha value is -1.78. The summed E-state index contributed by atoms with van der Waals surface area (Å²) >= 11 is 0. The molecule has 0 spiro atoms. The normalized spacial score (nSPS) is 10.3. The molecule has 0 unspecified atom stereocenters. The maximum absolute atomic E-state index is 8.74. The van der Waals surface area contributed by atoms with E-state index in [1.165, 1.54) is 6.07 Å². The Morgan fingerprint density at radius 1 is 1.13 bits per heavy atom. The zero-order valence-corrected chi connectivity index (χ0v) is 8.27. The van der Waals surface area contributed by atoms with Crippen molar-refractivity contribution in [1.29, 1.82) is 0 Å². The van der Waals surface area contributed by atoms with Crippen molar-refractivity contribution in [2.75, 3.05) is 22.9 Å². The van der Waals surface area contributed by atoms with Gasteiger partial charge in [-0.05, 0) is 0 Å². The Kier molecular flexibility index (Phi) is 4.08. The van der Waals surface area contributed by atoms with Gasteiger partial charge in [0.15, 0.2) is 5.82 Å². The van der Waals surface area contributed by atoms with Crippen molar-refractivity contribution in [3.63, 3.8) is 0 Å². The van der Waals surface area contributed by atoms with E-state index in [1.807, 2.05) is 0 Å². The van der Waals surface area contributed by atoms with Crippen molar-refractivity contribution >= 4 is 33.4 Å². The van der Waals surface area contributed by atoms with Gasteiger partial charge in [-0.15, -0.1) is 0 Å². The lowest BCUT2D eigenvalue weighted by Gasteiger charge is -2.02. The molecule has 0 aliphatic carbocycles. The molecule has 0 aliphatic heterocycles. The monoisotopic (exact) mass is 237 g/mol. The third-order valence-electron chi connectivity index (χ3n) is 1.14. The fraction of sp³-hybridized carbons (Fsp3) is 0. The first kappa shape index (κ1) is 13.2. The Bertz CT molecular complexity index is 414. The molecule has 1 aromatic heterocycles. The van der Waals surface area contributed by atoms with Gasteiger partial charge in [-0.25, -0.2) is 4.98 Å².